The van der Waals surface area contributed by atoms with Gasteiger partial charge in [0.15, 0.2) is 0 Å². The van der Waals surface area contributed by atoms with E-state index in [-0.39, 0.29) is 5.69 Å². The van der Waals surface area contributed by atoms with Gasteiger partial charge in [0, 0.05) is 50.8 Å². The Labute approximate surface area is 121 Å². The van der Waals surface area contributed by atoms with E-state index in [0.29, 0.717) is 37.9 Å². The molecule has 0 aromatic carbocycles. The highest BCUT2D eigenvalue weighted by atomic mass is 16.6. The third-order valence-electron chi connectivity index (χ3n) is 3.38. The van der Waals surface area contributed by atoms with Crippen molar-refractivity contribution in [2.75, 3.05) is 36.0 Å². The molecule has 1 aliphatic heterocycles. The molecule has 0 N–H and O–H groups in total. The zero-order valence-corrected chi connectivity index (χ0v) is 11.3. The molecule has 0 saturated carbocycles. The maximum absolute atomic E-state index is 11.1. The summed E-state index contributed by atoms with van der Waals surface area (Å²) in [6.45, 7) is 2.71. The molecule has 1 aliphatic rings. The molecule has 21 heavy (non-hydrogen) atoms. The molecule has 1 fully saturated rings. The van der Waals surface area contributed by atoms with Crippen molar-refractivity contribution in [1.29, 1.82) is 0 Å². The summed E-state index contributed by atoms with van der Waals surface area (Å²) in [5, 5.41) is 11.1. The number of rotatable bonds is 3. The quantitative estimate of drug-likeness (QED) is 0.616. The van der Waals surface area contributed by atoms with E-state index >= 15 is 0 Å². The van der Waals surface area contributed by atoms with E-state index in [4.69, 9.17) is 0 Å². The molecule has 0 amide bonds. The van der Waals surface area contributed by atoms with E-state index in [9.17, 15) is 10.1 Å². The minimum Gasteiger partial charge on any atom is -0.347 e. The van der Waals surface area contributed by atoms with E-state index in [1.54, 1.807) is 30.7 Å². The van der Waals surface area contributed by atoms with Crippen LogP contribution in [0.4, 0.5) is 17.5 Å². The first kappa shape index (κ1) is 13.2. The SMILES string of the molecule is O=[N+]([O-])c1cccnc1N1CCN(c2ncccn2)CC1. The molecular formula is C13H14N6O2. The van der Waals surface area contributed by atoms with Crippen molar-refractivity contribution in [2.24, 2.45) is 0 Å². The lowest BCUT2D eigenvalue weighted by Crippen LogP contribution is -2.47. The fourth-order valence-electron chi connectivity index (χ4n) is 2.35. The molecule has 0 spiro atoms. The Morgan fingerprint density at radius 3 is 2.24 bits per heavy atom. The van der Waals surface area contributed by atoms with Crippen LogP contribution in [0.15, 0.2) is 36.8 Å². The lowest BCUT2D eigenvalue weighted by molar-refractivity contribution is -0.384. The van der Waals surface area contributed by atoms with Crippen molar-refractivity contribution in [3.05, 3.63) is 46.9 Å². The largest absolute Gasteiger partial charge is 0.347 e. The van der Waals surface area contributed by atoms with Crippen LogP contribution >= 0.6 is 0 Å². The van der Waals surface area contributed by atoms with Crippen molar-refractivity contribution in [3.8, 4) is 0 Å². The number of aromatic nitrogens is 3. The van der Waals surface area contributed by atoms with Crippen LogP contribution < -0.4 is 9.80 Å². The van der Waals surface area contributed by atoms with Gasteiger partial charge in [0.05, 0.1) is 4.92 Å². The number of pyridine rings is 1. The molecule has 2 aromatic rings. The van der Waals surface area contributed by atoms with Crippen LogP contribution in [0.2, 0.25) is 0 Å². The summed E-state index contributed by atoms with van der Waals surface area (Å²) >= 11 is 0. The summed E-state index contributed by atoms with van der Waals surface area (Å²) in [6.07, 6.45) is 4.99. The second-order valence-corrected chi connectivity index (χ2v) is 4.63. The van der Waals surface area contributed by atoms with Gasteiger partial charge in [-0.15, -0.1) is 0 Å². The maximum Gasteiger partial charge on any atom is 0.311 e. The van der Waals surface area contributed by atoms with Crippen molar-refractivity contribution in [3.63, 3.8) is 0 Å². The van der Waals surface area contributed by atoms with Crippen molar-refractivity contribution in [2.45, 2.75) is 0 Å². The van der Waals surface area contributed by atoms with Gasteiger partial charge < -0.3 is 9.80 Å². The molecule has 3 rings (SSSR count). The number of piperazine rings is 1. The van der Waals surface area contributed by atoms with Crippen LogP contribution in [0.5, 0.6) is 0 Å². The average molecular weight is 286 g/mol. The van der Waals surface area contributed by atoms with Crippen molar-refractivity contribution >= 4 is 17.5 Å². The molecule has 0 aliphatic carbocycles. The van der Waals surface area contributed by atoms with E-state index in [2.05, 4.69) is 19.9 Å². The molecular weight excluding hydrogens is 272 g/mol. The molecule has 0 bridgehead atoms. The first-order valence-electron chi connectivity index (χ1n) is 6.62. The van der Waals surface area contributed by atoms with E-state index in [1.807, 2.05) is 4.90 Å². The predicted octanol–water partition coefficient (Wildman–Crippen LogP) is 1.11. The molecule has 0 atom stereocenters. The Morgan fingerprint density at radius 1 is 0.952 bits per heavy atom. The van der Waals surface area contributed by atoms with Crippen LogP contribution in [0.1, 0.15) is 0 Å². The van der Waals surface area contributed by atoms with Gasteiger partial charge in [0.25, 0.3) is 0 Å². The molecule has 8 heteroatoms. The normalized spacial score (nSPS) is 15.0. The lowest BCUT2D eigenvalue weighted by atomic mass is 10.3. The molecule has 8 nitrogen and oxygen atoms in total. The maximum atomic E-state index is 11.1. The molecule has 1 saturated heterocycles. The fourth-order valence-corrected chi connectivity index (χ4v) is 2.35. The van der Waals surface area contributed by atoms with Crippen molar-refractivity contribution in [1.82, 2.24) is 15.0 Å². The number of nitro groups is 1. The van der Waals surface area contributed by atoms with Gasteiger partial charge in [-0.2, -0.15) is 0 Å². The second-order valence-electron chi connectivity index (χ2n) is 4.63. The number of hydrogen-bond acceptors (Lipinski definition) is 7. The molecule has 0 unspecified atom stereocenters. The van der Waals surface area contributed by atoms with Gasteiger partial charge in [0.1, 0.15) is 0 Å². The Bertz CT molecular complexity index is 628. The fraction of sp³-hybridized carbons (Fsp3) is 0.308. The van der Waals surface area contributed by atoms with Gasteiger partial charge in [-0.25, -0.2) is 15.0 Å². The van der Waals surface area contributed by atoms with Gasteiger partial charge >= 0.3 is 5.69 Å². The highest BCUT2D eigenvalue weighted by molar-refractivity contribution is 5.58. The second kappa shape index (κ2) is 5.70. The third-order valence-corrected chi connectivity index (χ3v) is 3.38. The smallest absolute Gasteiger partial charge is 0.311 e. The van der Waals surface area contributed by atoms with Crippen LogP contribution in [-0.2, 0) is 0 Å². The van der Waals surface area contributed by atoms with Crippen LogP contribution in [-0.4, -0.2) is 46.1 Å². The summed E-state index contributed by atoms with van der Waals surface area (Å²) in [5.41, 5.74) is 0.0434. The summed E-state index contributed by atoms with van der Waals surface area (Å²) < 4.78 is 0. The van der Waals surface area contributed by atoms with Gasteiger partial charge in [-0.05, 0) is 12.1 Å². The third kappa shape index (κ3) is 2.73. The van der Waals surface area contributed by atoms with Crippen LogP contribution in [0.3, 0.4) is 0 Å². The Kier molecular flexibility index (Phi) is 3.59. The first-order valence-corrected chi connectivity index (χ1v) is 6.62. The predicted molar refractivity (Wildman–Crippen MR) is 77.3 cm³/mol. The summed E-state index contributed by atoms with van der Waals surface area (Å²) in [4.78, 5) is 27.2. The highest BCUT2D eigenvalue weighted by Crippen LogP contribution is 2.26. The minimum atomic E-state index is -0.394. The number of anilines is 2. The van der Waals surface area contributed by atoms with Crippen molar-refractivity contribution < 1.29 is 4.92 Å². The summed E-state index contributed by atoms with van der Waals surface area (Å²) in [6, 6.07) is 4.84. The Hall–Kier alpha value is -2.77. The highest BCUT2D eigenvalue weighted by Gasteiger charge is 2.25. The van der Waals surface area contributed by atoms with Gasteiger partial charge in [-0.3, -0.25) is 10.1 Å². The minimum absolute atomic E-state index is 0.0434. The lowest BCUT2D eigenvalue weighted by Gasteiger charge is -2.34. The number of hydrogen-bond donors (Lipinski definition) is 0. The molecule has 108 valence electrons. The molecule has 3 heterocycles. The van der Waals surface area contributed by atoms with Gasteiger partial charge in [-0.1, -0.05) is 0 Å². The Balaban J connectivity index is 1.73. The Morgan fingerprint density at radius 2 is 1.57 bits per heavy atom. The summed E-state index contributed by atoms with van der Waals surface area (Å²) in [5.74, 6) is 1.11. The zero-order chi connectivity index (χ0) is 14.7. The van der Waals surface area contributed by atoms with E-state index < -0.39 is 4.92 Å². The van der Waals surface area contributed by atoms with Crippen LogP contribution in [0.25, 0.3) is 0 Å². The monoisotopic (exact) mass is 286 g/mol. The molecule has 2 aromatic heterocycles. The molecule has 0 radical (unpaired) electrons. The van der Waals surface area contributed by atoms with Gasteiger partial charge in [0.2, 0.25) is 11.8 Å². The van der Waals surface area contributed by atoms with Crippen LogP contribution in [0, 0.1) is 10.1 Å². The van der Waals surface area contributed by atoms with E-state index in [0.717, 1.165) is 0 Å². The topological polar surface area (TPSA) is 88.3 Å². The summed E-state index contributed by atoms with van der Waals surface area (Å²) in [7, 11) is 0. The first-order chi connectivity index (χ1) is 10.3. The number of nitrogens with zero attached hydrogens (tertiary/aromatic N) is 6. The average Bonchev–Trinajstić information content (AvgIpc) is 2.56. The zero-order valence-electron chi connectivity index (χ0n) is 11.3. The standard InChI is InChI=1S/C13H14N6O2/c20-19(21)11-3-1-4-14-12(11)17-7-9-18(10-8-17)13-15-5-2-6-16-13/h1-6H,7-10H2. The van der Waals surface area contributed by atoms with E-state index in [1.165, 1.54) is 6.07 Å².